The fourth-order valence-electron chi connectivity index (χ4n) is 2.69. The number of piperidine rings is 2. The van der Waals surface area contributed by atoms with E-state index in [1.54, 1.807) is 0 Å². The Kier molecular flexibility index (Phi) is 3.09. The third kappa shape index (κ3) is 2.39. The van der Waals surface area contributed by atoms with Gasteiger partial charge in [-0.15, -0.1) is 0 Å². The Morgan fingerprint density at radius 1 is 1.32 bits per heavy atom. The molecule has 3 rings (SSSR count). The number of halogens is 4. The van der Waals surface area contributed by atoms with Crippen molar-refractivity contribution >= 4 is 11.6 Å². The number of rotatable bonds is 2. The summed E-state index contributed by atoms with van der Waals surface area (Å²) in [6.07, 6.45) is -2.57. The predicted molar refractivity (Wildman–Crippen MR) is 63.1 cm³/mol. The summed E-state index contributed by atoms with van der Waals surface area (Å²) in [6, 6.07) is 0.858. The van der Waals surface area contributed by atoms with E-state index in [0.29, 0.717) is 11.8 Å². The van der Waals surface area contributed by atoms with E-state index in [9.17, 15) is 13.2 Å². The molecule has 1 saturated heterocycles. The second-order valence-corrected chi connectivity index (χ2v) is 5.41. The predicted octanol–water partition coefficient (Wildman–Crippen LogP) is 2.74. The maximum absolute atomic E-state index is 12.5. The van der Waals surface area contributed by atoms with Gasteiger partial charge in [-0.1, -0.05) is 11.6 Å². The van der Waals surface area contributed by atoms with Crippen LogP contribution in [0.2, 0.25) is 5.02 Å². The summed E-state index contributed by atoms with van der Waals surface area (Å²) in [5.74, 6) is 0.897. The topological polar surface area (TPSA) is 34.1 Å². The molecular formula is C12H12ClF3N2O. The molecule has 1 N–H and O–H groups in total. The Morgan fingerprint density at radius 3 is 2.53 bits per heavy atom. The molecule has 1 aromatic rings. The molecule has 0 spiro atoms. The van der Waals surface area contributed by atoms with Crippen LogP contribution in [0.15, 0.2) is 12.3 Å². The monoisotopic (exact) mass is 292 g/mol. The zero-order valence-corrected chi connectivity index (χ0v) is 10.6. The van der Waals surface area contributed by atoms with Crippen molar-refractivity contribution in [3.05, 3.63) is 22.8 Å². The second kappa shape index (κ2) is 4.52. The summed E-state index contributed by atoms with van der Waals surface area (Å²) >= 11 is 5.81. The number of nitrogens with one attached hydrogen (secondary N) is 1. The minimum atomic E-state index is -4.44. The standard InChI is InChI=1S/C12H12ClF3N2O/c13-9-2-8(12(14,15)16)5-18-11(9)19-10-6-1-7(10)4-17-3-6/h2,5-7,10,17H,1,3-4H2/t6-,7+,10?. The van der Waals surface area contributed by atoms with E-state index in [2.05, 4.69) is 10.3 Å². The van der Waals surface area contributed by atoms with Gasteiger partial charge in [-0.2, -0.15) is 13.2 Å². The Labute approximate surface area is 113 Å². The first kappa shape index (κ1) is 13.0. The third-order valence-electron chi connectivity index (χ3n) is 3.73. The smallest absolute Gasteiger partial charge is 0.417 e. The zero-order chi connectivity index (χ0) is 13.6. The van der Waals surface area contributed by atoms with E-state index in [4.69, 9.17) is 16.3 Å². The van der Waals surface area contributed by atoms with Gasteiger partial charge >= 0.3 is 6.18 Å². The van der Waals surface area contributed by atoms with Crippen molar-refractivity contribution < 1.29 is 17.9 Å². The lowest BCUT2D eigenvalue weighted by atomic mass is 9.69. The van der Waals surface area contributed by atoms with E-state index in [1.807, 2.05) is 0 Å². The maximum Gasteiger partial charge on any atom is 0.417 e. The molecule has 2 heterocycles. The average molecular weight is 293 g/mol. The van der Waals surface area contributed by atoms with Crippen LogP contribution in [0.1, 0.15) is 12.0 Å². The third-order valence-corrected chi connectivity index (χ3v) is 4.00. The molecule has 3 nitrogen and oxygen atoms in total. The molecule has 19 heavy (non-hydrogen) atoms. The van der Waals surface area contributed by atoms with E-state index in [1.165, 1.54) is 0 Å². The van der Waals surface area contributed by atoms with Gasteiger partial charge in [0.25, 0.3) is 0 Å². The molecule has 7 heteroatoms. The van der Waals surface area contributed by atoms with Crippen molar-refractivity contribution in [1.82, 2.24) is 10.3 Å². The van der Waals surface area contributed by atoms with E-state index in [-0.39, 0.29) is 17.0 Å². The van der Waals surface area contributed by atoms with Crippen LogP contribution in [0.3, 0.4) is 0 Å². The maximum atomic E-state index is 12.5. The number of nitrogens with zero attached hydrogens (tertiary/aromatic N) is 1. The first-order valence-corrected chi connectivity index (χ1v) is 6.43. The minimum absolute atomic E-state index is 0.0167. The van der Waals surface area contributed by atoms with Gasteiger partial charge < -0.3 is 10.1 Å². The van der Waals surface area contributed by atoms with Crippen LogP contribution < -0.4 is 10.1 Å². The quantitative estimate of drug-likeness (QED) is 0.910. The molecule has 3 atom stereocenters. The van der Waals surface area contributed by atoms with E-state index >= 15 is 0 Å². The van der Waals surface area contributed by atoms with E-state index in [0.717, 1.165) is 31.8 Å². The van der Waals surface area contributed by atoms with Gasteiger partial charge in [0.2, 0.25) is 5.88 Å². The van der Waals surface area contributed by atoms with Crippen molar-refractivity contribution in [2.75, 3.05) is 13.1 Å². The number of fused-ring (bicyclic) bond motifs is 2. The summed E-state index contributed by atoms with van der Waals surface area (Å²) in [5.41, 5.74) is -0.861. The Hall–Kier alpha value is -1.01. The molecule has 1 aliphatic heterocycles. The molecular weight excluding hydrogens is 281 g/mol. The van der Waals surface area contributed by atoms with Gasteiger partial charge in [0.1, 0.15) is 11.1 Å². The molecule has 0 aromatic carbocycles. The highest BCUT2D eigenvalue weighted by molar-refractivity contribution is 6.31. The van der Waals surface area contributed by atoms with Gasteiger partial charge in [0, 0.05) is 31.1 Å². The number of aromatic nitrogens is 1. The normalized spacial score (nSPS) is 29.8. The van der Waals surface area contributed by atoms with Gasteiger partial charge in [0.15, 0.2) is 0 Å². The highest BCUT2D eigenvalue weighted by atomic mass is 35.5. The number of alkyl halides is 3. The fraction of sp³-hybridized carbons (Fsp3) is 0.583. The average Bonchev–Trinajstić information content (AvgIpc) is 2.36. The molecule has 0 amide bonds. The number of ether oxygens (including phenoxy) is 1. The lowest BCUT2D eigenvalue weighted by Crippen LogP contribution is -2.59. The fourth-order valence-corrected chi connectivity index (χ4v) is 2.90. The van der Waals surface area contributed by atoms with Crippen molar-refractivity contribution in [1.29, 1.82) is 0 Å². The first-order valence-electron chi connectivity index (χ1n) is 6.05. The molecule has 2 bridgehead atoms. The largest absolute Gasteiger partial charge is 0.473 e. The van der Waals surface area contributed by atoms with Crippen LogP contribution in [0.25, 0.3) is 0 Å². The molecule has 104 valence electrons. The van der Waals surface area contributed by atoms with E-state index < -0.39 is 11.7 Å². The molecule has 1 unspecified atom stereocenters. The lowest BCUT2D eigenvalue weighted by molar-refractivity contribution is -0.137. The molecule has 0 radical (unpaired) electrons. The van der Waals surface area contributed by atoms with Crippen LogP contribution in [-0.4, -0.2) is 24.2 Å². The lowest BCUT2D eigenvalue weighted by Gasteiger charge is -2.48. The van der Waals surface area contributed by atoms with Crippen LogP contribution in [-0.2, 0) is 6.18 Å². The summed E-state index contributed by atoms with van der Waals surface area (Å²) in [4.78, 5) is 3.70. The Bertz CT molecular complexity index is 480. The zero-order valence-electron chi connectivity index (χ0n) is 9.88. The van der Waals surface area contributed by atoms with Gasteiger partial charge in [-0.05, 0) is 12.5 Å². The summed E-state index contributed by atoms with van der Waals surface area (Å²) in [6.45, 7) is 1.75. The van der Waals surface area contributed by atoms with Gasteiger partial charge in [-0.25, -0.2) is 4.98 Å². The number of hydrogen-bond donors (Lipinski definition) is 1. The van der Waals surface area contributed by atoms with Gasteiger partial charge in [-0.3, -0.25) is 0 Å². The Morgan fingerprint density at radius 2 is 2.00 bits per heavy atom. The van der Waals surface area contributed by atoms with Crippen molar-refractivity contribution in [2.24, 2.45) is 11.8 Å². The Balaban J connectivity index is 1.75. The van der Waals surface area contributed by atoms with Gasteiger partial charge in [0.05, 0.1) is 5.56 Å². The summed E-state index contributed by atoms with van der Waals surface area (Å²) in [7, 11) is 0. The highest BCUT2D eigenvalue weighted by Crippen LogP contribution is 2.41. The SMILES string of the molecule is FC(F)(F)c1cnc(OC2[C@@H]3CNC[C@H]2C3)c(Cl)c1. The highest BCUT2D eigenvalue weighted by Gasteiger charge is 2.46. The number of hydrogen-bond acceptors (Lipinski definition) is 3. The summed E-state index contributed by atoms with van der Waals surface area (Å²) in [5, 5.41) is 3.17. The second-order valence-electron chi connectivity index (χ2n) is 5.01. The van der Waals surface area contributed by atoms with Crippen molar-refractivity contribution in [3.63, 3.8) is 0 Å². The molecule has 2 aliphatic rings. The molecule has 2 fully saturated rings. The van der Waals surface area contributed by atoms with Crippen LogP contribution in [0.5, 0.6) is 5.88 Å². The van der Waals surface area contributed by atoms with Crippen LogP contribution in [0.4, 0.5) is 13.2 Å². The first-order chi connectivity index (χ1) is 8.95. The van der Waals surface area contributed by atoms with Crippen molar-refractivity contribution in [3.8, 4) is 5.88 Å². The molecule has 1 aliphatic carbocycles. The van der Waals surface area contributed by atoms with Crippen molar-refractivity contribution in [2.45, 2.75) is 18.7 Å². The van der Waals surface area contributed by atoms with Crippen LogP contribution >= 0.6 is 11.6 Å². The number of pyridine rings is 1. The van der Waals surface area contributed by atoms with Crippen LogP contribution in [0, 0.1) is 11.8 Å². The molecule has 1 aromatic heterocycles. The molecule has 1 saturated carbocycles. The minimum Gasteiger partial charge on any atom is -0.473 e. The summed E-state index contributed by atoms with van der Waals surface area (Å²) < 4.78 is 43.1.